The predicted molar refractivity (Wildman–Crippen MR) is 69.6 cm³/mol. The van der Waals surface area contributed by atoms with E-state index < -0.39 is 23.9 Å². The van der Waals surface area contributed by atoms with E-state index in [0.29, 0.717) is 0 Å². The fraction of sp³-hybridized carbons (Fsp3) is 0.182. The van der Waals surface area contributed by atoms with Crippen LogP contribution in [0.25, 0.3) is 5.82 Å². The van der Waals surface area contributed by atoms with Crippen molar-refractivity contribution in [2.75, 3.05) is 12.5 Å². The number of methoxy groups -OCH3 is 1. The molecule has 2 aromatic heterocycles. The Morgan fingerprint density at radius 1 is 1.35 bits per heavy atom. The van der Waals surface area contributed by atoms with Crippen molar-refractivity contribution in [3.05, 3.63) is 40.7 Å². The molecule has 2 rings (SSSR count). The maximum absolute atomic E-state index is 12.0. The average molecular weight is 330 g/mol. The Balaban J connectivity index is 2.36. The molecule has 0 aliphatic rings. The third-order valence-corrected chi connectivity index (χ3v) is 2.44. The number of hydrogen-bond donors (Lipinski definition) is 2. The van der Waals surface area contributed by atoms with E-state index in [1.54, 1.807) is 5.43 Å². The molecule has 23 heavy (non-hydrogen) atoms. The summed E-state index contributed by atoms with van der Waals surface area (Å²) in [6.07, 6.45) is -2.53. The first-order valence-corrected chi connectivity index (χ1v) is 5.91. The Bertz CT molecular complexity index is 776. The average Bonchev–Trinajstić information content (AvgIpc) is 2.51. The highest BCUT2D eigenvalue weighted by atomic mass is 19.4. The number of carbonyl (C=O) groups excluding carboxylic acids is 1. The largest absolute Gasteiger partial charge is 0.474 e. The second-order valence-corrected chi connectivity index (χ2v) is 3.95. The fourth-order valence-electron chi connectivity index (χ4n) is 1.53. The minimum Gasteiger partial charge on any atom is -0.465 e. The molecule has 0 amide bonds. The Morgan fingerprint density at radius 3 is 2.70 bits per heavy atom. The maximum atomic E-state index is 12.0. The summed E-state index contributed by atoms with van der Waals surface area (Å²) >= 11 is 0. The number of halogens is 3. The van der Waals surface area contributed by atoms with Crippen molar-refractivity contribution in [1.29, 1.82) is 0 Å². The third-order valence-electron chi connectivity index (χ3n) is 2.44. The van der Waals surface area contributed by atoms with Crippen LogP contribution in [0, 0.1) is 0 Å². The zero-order valence-corrected chi connectivity index (χ0v) is 11.5. The number of carbonyl (C=O) groups is 1. The highest BCUT2D eigenvalue weighted by molar-refractivity contribution is 5.92. The number of esters is 1. The van der Waals surface area contributed by atoms with E-state index in [0.717, 1.165) is 23.4 Å². The summed E-state index contributed by atoms with van der Waals surface area (Å²) in [6.45, 7) is 0. The molecule has 9 nitrogen and oxygen atoms in total. The third kappa shape index (κ3) is 4.00. The molecular weight excluding hydrogens is 321 g/mol. The zero-order valence-electron chi connectivity index (χ0n) is 11.5. The van der Waals surface area contributed by atoms with Crippen molar-refractivity contribution in [2.45, 2.75) is 6.30 Å². The maximum Gasteiger partial charge on any atom is 0.474 e. The number of nitrogens with one attached hydrogen (secondary N) is 2. The second kappa shape index (κ2) is 6.39. The molecule has 2 heterocycles. The van der Waals surface area contributed by atoms with Crippen LogP contribution in [-0.4, -0.2) is 38.9 Å². The van der Waals surface area contributed by atoms with Crippen molar-refractivity contribution in [2.24, 2.45) is 0 Å². The summed E-state index contributed by atoms with van der Waals surface area (Å²) in [5.41, 5.74) is 1.56. The van der Waals surface area contributed by atoms with Crippen LogP contribution in [0.2, 0.25) is 0 Å². The van der Waals surface area contributed by atoms with Gasteiger partial charge in [-0.1, -0.05) is 0 Å². The van der Waals surface area contributed by atoms with Gasteiger partial charge in [-0.15, -0.1) is 5.43 Å². The predicted octanol–water partition coefficient (Wildman–Crippen LogP) is 0.245. The summed E-state index contributed by atoms with van der Waals surface area (Å²) in [5, 5.41) is 0. The molecule has 0 aliphatic heterocycles. The molecule has 122 valence electrons. The second-order valence-electron chi connectivity index (χ2n) is 3.95. The number of hydrogen-bond acceptors (Lipinski definition) is 8. The van der Waals surface area contributed by atoms with E-state index in [1.807, 2.05) is 0 Å². The summed E-state index contributed by atoms with van der Waals surface area (Å²) in [7, 11) is 1.15. The molecule has 0 fully saturated rings. The number of pyridine rings is 1. The van der Waals surface area contributed by atoms with Gasteiger partial charge in [-0.25, -0.2) is 24.1 Å². The van der Waals surface area contributed by atoms with Crippen molar-refractivity contribution < 1.29 is 22.7 Å². The molecule has 12 heteroatoms. The van der Waals surface area contributed by atoms with Gasteiger partial charge >= 0.3 is 18.0 Å². The summed E-state index contributed by atoms with van der Waals surface area (Å²) in [4.78, 5) is 34.2. The molecule has 0 bridgehead atoms. The van der Waals surface area contributed by atoms with Gasteiger partial charge in [-0.3, -0.25) is 5.43 Å². The topological polar surface area (TPSA) is 111 Å². The fourth-order valence-corrected chi connectivity index (χ4v) is 1.53. The summed E-state index contributed by atoms with van der Waals surface area (Å²) in [5.74, 6) is -1.46. The van der Waals surface area contributed by atoms with Gasteiger partial charge in [-0.05, 0) is 12.1 Å². The summed E-state index contributed by atoms with van der Waals surface area (Å²) in [6, 6.07) is 2.81. The van der Waals surface area contributed by atoms with Gasteiger partial charge in [0.05, 0.1) is 7.11 Å². The lowest BCUT2D eigenvalue weighted by Gasteiger charge is -2.11. The molecule has 2 aromatic rings. The van der Waals surface area contributed by atoms with Crippen LogP contribution in [0.5, 0.6) is 0 Å². The van der Waals surface area contributed by atoms with Crippen LogP contribution in [0.3, 0.4) is 0 Å². The van der Waals surface area contributed by atoms with Gasteiger partial charge in [0.15, 0.2) is 5.82 Å². The smallest absolute Gasteiger partial charge is 0.465 e. The molecule has 0 saturated heterocycles. The van der Waals surface area contributed by atoms with E-state index in [9.17, 15) is 22.8 Å². The lowest BCUT2D eigenvalue weighted by molar-refractivity contribution is -0.151. The minimum atomic E-state index is -4.72. The number of nitrogens with zero attached hydrogens (tertiary/aromatic N) is 4. The van der Waals surface area contributed by atoms with Crippen molar-refractivity contribution in [1.82, 2.24) is 24.9 Å². The first-order valence-electron chi connectivity index (χ1n) is 5.91. The van der Waals surface area contributed by atoms with Gasteiger partial charge in [0.25, 0.3) is 0 Å². The molecular formula is C11H9F3N6O3. The number of alkyl halides is 3. The zero-order chi connectivity index (χ0) is 17.0. The molecule has 0 unspecified atom stereocenters. The number of hydrazine groups is 1. The van der Waals surface area contributed by atoms with E-state index in [-0.39, 0.29) is 11.4 Å². The molecule has 0 spiro atoms. The monoisotopic (exact) mass is 330 g/mol. The van der Waals surface area contributed by atoms with E-state index >= 15 is 0 Å². The number of aromatic nitrogens is 4. The highest BCUT2D eigenvalue weighted by Crippen LogP contribution is 2.11. The molecule has 0 radical (unpaired) electrons. The number of rotatable bonds is 4. The SMILES string of the molecule is COC(=O)c1cccnc1-n1cnc(NNC(F)(F)F)nc1=O. The van der Waals surface area contributed by atoms with Crippen LogP contribution in [0.1, 0.15) is 10.4 Å². The van der Waals surface area contributed by atoms with Gasteiger partial charge in [0.2, 0.25) is 5.95 Å². The lowest BCUT2D eigenvalue weighted by Crippen LogP contribution is -2.38. The van der Waals surface area contributed by atoms with Gasteiger partial charge in [-0.2, -0.15) is 18.2 Å². The van der Waals surface area contributed by atoms with Crippen LogP contribution in [-0.2, 0) is 4.74 Å². The van der Waals surface area contributed by atoms with Crippen molar-refractivity contribution in [3.8, 4) is 5.82 Å². The van der Waals surface area contributed by atoms with Crippen LogP contribution < -0.4 is 16.5 Å². The van der Waals surface area contributed by atoms with Gasteiger partial charge < -0.3 is 4.74 Å². The first-order chi connectivity index (χ1) is 10.8. The van der Waals surface area contributed by atoms with E-state index in [1.165, 1.54) is 18.3 Å². The normalized spacial score (nSPS) is 11.1. The molecule has 0 aliphatic carbocycles. The van der Waals surface area contributed by atoms with Gasteiger partial charge in [0.1, 0.15) is 11.9 Å². The van der Waals surface area contributed by atoms with Crippen LogP contribution in [0.4, 0.5) is 19.1 Å². The van der Waals surface area contributed by atoms with Crippen molar-refractivity contribution in [3.63, 3.8) is 0 Å². The van der Waals surface area contributed by atoms with E-state index in [2.05, 4.69) is 19.7 Å². The highest BCUT2D eigenvalue weighted by Gasteiger charge is 2.27. The van der Waals surface area contributed by atoms with Crippen molar-refractivity contribution >= 4 is 11.9 Å². The molecule has 2 N–H and O–H groups in total. The molecule has 0 saturated carbocycles. The Hall–Kier alpha value is -3.02. The minimum absolute atomic E-state index is 0.0326. The quantitative estimate of drug-likeness (QED) is 0.466. The van der Waals surface area contributed by atoms with Gasteiger partial charge in [0, 0.05) is 6.20 Å². The number of ether oxygens (including phenoxy) is 1. The Morgan fingerprint density at radius 2 is 2.09 bits per heavy atom. The molecule has 0 atom stereocenters. The Kier molecular flexibility index (Phi) is 4.55. The lowest BCUT2D eigenvalue weighted by atomic mass is 10.2. The first kappa shape index (κ1) is 16.4. The summed E-state index contributed by atoms with van der Waals surface area (Å²) < 4.78 is 41.3. The van der Waals surface area contributed by atoms with Crippen LogP contribution in [0.15, 0.2) is 29.5 Å². The molecule has 0 aromatic carbocycles. The van der Waals surface area contributed by atoms with Crippen LogP contribution >= 0.6 is 0 Å². The van der Waals surface area contributed by atoms with E-state index in [4.69, 9.17) is 0 Å². The number of anilines is 1. The standard InChI is InChI=1S/C11H9F3N6O3/c1-23-8(21)6-3-2-4-15-7(6)20-5-16-9(17-10(20)22)18-19-11(12,13)14/h2-5,19H,1H3,(H,17,18,22). The Labute approximate surface area is 126 Å².